The zero-order chi connectivity index (χ0) is 13.1. The third-order valence-electron chi connectivity index (χ3n) is 3.31. The molecule has 0 saturated carbocycles. The van der Waals surface area contributed by atoms with E-state index in [9.17, 15) is 4.79 Å². The number of rotatable bonds is 4. The van der Waals surface area contributed by atoms with E-state index >= 15 is 0 Å². The van der Waals surface area contributed by atoms with E-state index < -0.39 is 0 Å². The number of carbonyl (C=O) groups excluding carboxylic acids is 1. The molecule has 2 heteroatoms. The number of carbonyl (C=O) groups is 1. The minimum Gasteiger partial charge on any atom is -0.294 e. The van der Waals surface area contributed by atoms with Crippen LogP contribution in [-0.2, 0) is 0 Å². The third kappa shape index (κ3) is 2.41. The molecule has 94 valence electrons. The van der Waals surface area contributed by atoms with E-state index in [-0.39, 0.29) is 11.7 Å². The molecule has 0 N–H and O–H groups in total. The maximum atomic E-state index is 12.4. The van der Waals surface area contributed by atoms with Crippen LogP contribution in [0.3, 0.4) is 0 Å². The number of hydrogen-bond acceptors (Lipinski definition) is 1. The van der Waals surface area contributed by atoms with E-state index in [1.807, 2.05) is 43.3 Å². The van der Waals surface area contributed by atoms with Gasteiger partial charge in [0.1, 0.15) is 0 Å². The number of benzene rings is 2. The van der Waals surface area contributed by atoms with Crippen LogP contribution in [0.5, 0.6) is 0 Å². The highest BCUT2D eigenvalue weighted by atomic mass is 35.5. The Morgan fingerprint density at radius 1 is 1.17 bits per heavy atom. The highest BCUT2D eigenvalue weighted by Crippen LogP contribution is 2.28. The number of ketones is 1. The summed E-state index contributed by atoms with van der Waals surface area (Å²) >= 11 is 6.16. The van der Waals surface area contributed by atoms with Gasteiger partial charge in [0, 0.05) is 21.9 Å². The Kier molecular flexibility index (Phi) is 4.03. The van der Waals surface area contributed by atoms with E-state index in [1.54, 1.807) is 0 Å². The quantitative estimate of drug-likeness (QED) is 0.698. The number of Topliss-reactive ketones (excluding diaryl/α,β-unsaturated/α-hetero) is 1. The van der Waals surface area contributed by atoms with Crippen molar-refractivity contribution in [2.45, 2.75) is 26.7 Å². The van der Waals surface area contributed by atoms with Crippen LogP contribution in [0, 0.1) is 5.92 Å². The van der Waals surface area contributed by atoms with Gasteiger partial charge in [-0.15, -0.1) is 0 Å². The summed E-state index contributed by atoms with van der Waals surface area (Å²) in [4.78, 5) is 12.4. The largest absolute Gasteiger partial charge is 0.294 e. The van der Waals surface area contributed by atoms with Crippen LogP contribution >= 0.6 is 11.6 Å². The maximum Gasteiger partial charge on any atom is 0.166 e. The van der Waals surface area contributed by atoms with E-state index in [0.717, 1.165) is 29.2 Å². The van der Waals surface area contributed by atoms with Crippen LogP contribution in [0.25, 0.3) is 10.8 Å². The Hall–Kier alpha value is -1.34. The molecule has 0 aliphatic rings. The van der Waals surface area contributed by atoms with Crippen molar-refractivity contribution in [3.63, 3.8) is 0 Å². The molecule has 0 amide bonds. The summed E-state index contributed by atoms with van der Waals surface area (Å²) in [7, 11) is 0. The molecule has 0 spiro atoms. The van der Waals surface area contributed by atoms with Gasteiger partial charge < -0.3 is 0 Å². The summed E-state index contributed by atoms with van der Waals surface area (Å²) in [5.41, 5.74) is 0.788. The molecule has 0 fully saturated rings. The van der Waals surface area contributed by atoms with Crippen LogP contribution in [0.15, 0.2) is 36.4 Å². The second-order valence-electron chi connectivity index (χ2n) is 4.69. The SMILES string of the molecule is CCCC(C)C(=O)c1ccc(Cl)c2ccccc12. The average Bonchev–Trinajstić information content (AvgIpc) is 2.39. The first-order chi connectivity index (χ1) is 8.65. The molecule has 0 bridgehead atoms. The van der Waals surface area contributed by atoms with Crippen LogP contribution in [0.2, 0.25) is 5.02 Å². The lowest BCUT2D eigenvalue weighted by Crippen LogP contribution is -2.11. The highest BCUT2D eigenvalue weighted by Gasteiger charge is 2.17. The van der Waals surface area contributed by atoms with Crippen molar-refractivity contribution in [3.8, 4) is 0 Å². The van der Waals surface area contributed by atoms with Crippen molar-refractivity contribution in [3.05, 3.63) is 47.0 Å². The second-order valence-corrected chi connectivity index (χ2v) is 5.10. The molecule has 0 aliphatic heterocycles. The summed E-state index contributed by atoms with van der Waals surface area (Å²) in [6.07, 6.45) is 1.95. The summed E-state index contributed by atoms with van der Waals surface area (Å²) in [6, 6.07) is 11.5. The summed E-state index contributed by atoms with van der Waals surface area (Å²) in [5.74, 6) is 0.282. The molecule has 2 rings (SSSR count). The predicted octanol–water partition coefficient (Wildman–Crippen LogP) is 5.11. The minimum absolute atomic E-state index is 0.0691. The number of hydrogen-bond donors (Lipinski definition) is 0. The topological polar surface area (TPSA) is 17.1 Å². The highest BCUT2D eigenvalue weighted by molar-refractivity contribution is 6.36. The lowest BCUT2D eigenvalue weighted by Gasteiger charge is -2.12. The lowest BCUT2D eigenvalue weighted by molar-refractivity contribution is 0.0925. The molecule has 1 unspecified atom stereocenters. The van der Waals surface area contributed by atoms with Crippen LogP contribution < -0.4 is 0 Å². The number of fused-ring (bicyclic) bond motifs is 1. The van der Waals surface area contributed by atoms with Gasteiger partial charge in [0.25, 0.3) is 0 Å². The van der Waals surface area contributed by atoms with Crippen molar-refractivity contribution in [2.24, 2.45) is 5.92 Å². The molecule has 0 radical (unpaired) electrons. The van der Waals surface area contributed by atoms with Crippen LogP contribution in [-0.4, -0.2) is 5.78 Å². The van der Waals surface area contributed by atoms with Crippen molar-refractivity contribution in [2.75, 3.05) is 0 Å². The molecular formula is C16H17ClO. The summed E-state index contributed by atoms with van der Waals surface area (Å²) < 4.78 is 0. The van der Waals surface area contributed by atoms with Gasteiger partial charge in [-0.3, -0.25) is 4.79 Å². The van der Waals surface area contributed by atoms with Gasteiger partial charge in [-0.25, -0.2) is 0 Å². The van der Waals surface area contributed by atoms with Crippen molar-refractivity contribution in [1.29, 1.82) is 0 Å². The van der Waals surface area contributed by atoms with E-state index in [1.165, 1.54) is 0 Å². The maximum absolute atomic E-state index is 12.4. The van der Waals surface area contributed by atoms with E-state index in [0.29, 0.717) is 5.02 Å². The van der Waals surface area contributed by atoms with Crippen molar-refractivity contribution >= 4 is 28.2 Å². The normalized spacial score (nSPS) is 12.6. The first kappa shape index (κ1) is 13.1. The van der Waals surface area contributed by atoms with Crippen molar-refractivity contribution < 1.29 is 4.79 Å². The van der Waals surface area contributed by atoms with E-state index in [4.69, 9.17) is 11.6 Å². The lowest BCUT2D eigenvalue weighted by atomic mass is 9.92. The van der Waals surface area contributed by atoms with Gasteiger partial charge in [-0.2, -0.15) is 0 Å². The molecule has 2 aromatic rings. The molecule has 1 nitrogen and oxygen atoms in total. The number of halogens is 1. The first-order valence-corrected chi connectivity index (χ1v) is 6.74. The molecule has 0 heterocycles. The molecule has 0 saturated heterocycles. The van der Waals surface area contributed by atoms with Crippen LogP contribution in [0.1, 0.15) is 37.0 Å². The molecule has 0 aliphatic carbocycles. The summed E-state index contributed by atoms with van der Waals surface area (Å²) in [6.45, 7) is 4.10. The van der Waals surface area contributed by atoms with Crippen LogP contribution in [0.4, 0.5) is 0 Å². The van der Waals surface area contributed by atoms with Gasteiger partial charge in [0.05, 0.1) is 0 Å². The van der Waals surface area contributed by atoms with Gasteiger partial charge in [0.15, 0.2) is 5.78 Å². The molecular weight excluding hydrogens is 244 g/mol. The second kappa shape index (κ2) is 5.53. The monoisotopic (exact) mass is 260 g/mol. The minimum atomic E-state index is 0.0691. The van der Waals surface area contributed by atoms with E-state index in [2.05, 4.69) is 6.92 Å². The fourth-order valence-electron chi connectivity index (χ4n) is 2.31. The predicted molar refractivity (Wildman–Crippen MR) is 77.4 cm³/mol. The van der Waals surface area contributed by atoms with Gasteiger partial charge in [-0.1, -0.05) is 56.1 Å². The van der Waals surface area contributed by atoms with Gasteiger partial charge in [-0.05, 0) is 23.9 Å². The standard InChI is InChI=1S/C16H17ClO/c1-3-6-11(2)16(18)14-9-10-15(17)13-8-5-4-7-12(13)14/h4-5,7-11H,3,6H2,1-2H3. The molecule has 18 heavy (non-hydrogen) atoms. The smallest absolute Gasteiger partial charge is 0.166 e. The summed E-state index contributed by atoms with van der Waals surface area (Å²) in [5, 5.41) is 2.61. The molecule has 1 atom stereocenters. The Morgan fingerprint density at radius 3 is 2.50 bits per heavy atom. The van der Waals surface area contributed by atoms with Gasteiger partial charge in [0.2, 0.25) is 0 Å². The van der Waals surface area contributed by atoms with Crippen molar-refractivity contribution in [1.82, 2.24) is 0 Å². The fraction of sp³-hybridized carbons (Fsp3) is 0.312. The zero-order valence-corrected chi connectivity index (χ0v) is 11.5. The Balaban J connectivity index is 2.52. The zero-order valence-electron chi connectivity index (χ0n) is 10.7. The average molecular weight is 261 g/mol. The fourth-order valence-corrected chi connectivity index (χ4v) is 2.53. The molecule has 0 aromatic heterocycles. The van der Waals surface area contributed by atoms with Gasteiger partial charge >= 0.3 is 0 Å². The third-order valence-corrected chi connectivity index (χ3v) is 3.64. The molecule has 2 aromatic carbocycles. The first-order valence-electron chi connectivity index (χ1n) is 6.36. The Labute approximate surface area is 113 Å². The Morgan fingerprint density at radius 2 is 1.83 bits per heavy atom. The Bertz CT molecular complexity index is 574.